The Hall–Kier alpha value is -3.27. The van der Waals surface area contributed by atoms with Gasteiger partial charge in [-0.3, -0.25) is 19.3 Å². The van der Waals surface area contributed by atoms with E-state index in [2.05, 4.69) is 29.5 Å². The van der Waals surface area contributed by atoms with Crippen LogP contribution in [0.15, 0.2) is 18.2 Å². The van der Waals surface area contributed by atoms with Crippen molar-refractivity contribution in [3.05, 3.63) is 28.9 Å². The Balaban J connectivity index is 1.27. The number of hydrogen-bond acceptors (Lipinski definition) is 7. The molecule has 1 saturated carbocycles. The highest BCUT2D eigenvalue weighted by atomic mass is 32.1. The molecule has 9 nitrogen and oxygen atoms in total. The number of amides is 3. The van der Waals surface area contributed by atoms with Crippen LogP contribution in [0.5, 0.6) is 0 Å². The van der Waals surface area contributed by atoms with Gasteiger partial charge in [-0.25, -0.2) is 9.97 Å². The van der Waals surface area contributed by atoms with Crippen molar-refractivity contribution in [3.63, 3.8) is 0 Å². The first-order chi connectivity index (χ1) is 18.7. The molecule has 0 saturated heterocycles. The topological polar surface area (TPSA) is 137 Å². The maximum atomic E-state index is 12.6. The molecule has 1 fully saturated rings. The molecule has 4 heterocycles. The van der Waals surface area contributed by atoms with Gasteiger partial charge in [-0.1, -0.05) is 19.8 Å². The number of imide groups is 1. The van der Waals surface area contributed by atoms with E-state index < -0.39 is 5.41 Å². The number of nitrogens with zero attached hydrogens (tertiary/aromatic N) is 4. The number of carbonyl (C=O) groups excluding carboxylic acids is 3. The fraction of sp³-hybridized carbons (Fsp3) is 0.552. The standard InChI is InChI=1S/C29H38N6O3S/c1-3-4-7-21-33-24-25(26-20(32-27(24)30)16-18(2)39-26)34(21)15-6-5-12-29(28(31)38)13-10-19(11-14-29)17-35-22(36)8-9-23(35)37/h8-9,16,19H,3-7,10-15,17H2,1-2H3,(H2,30,32)(H2,31,38). The molecule has 2 aliphatic rings. The summed E-state index contributed by atoms with van der Waals surface area (Å²) in [6, 6.07) is 2.08. The number of unbranched alkanes of at least 4 members (excludes halogenated alkanes) is 2. The van der Waals surface area contributed by atoms with Gasteiger partial charge >= 0.3 is 0 Å². The van der Waals surface area contributed by atoms with Crippen LogP contribution in [0.1, 0.15) is 75.4 Å². The summed E-state index contributed by atoms with van der Waals surface area (Å²) in [7, 11) is 0. The minimum absolute atomic E-state index is 0.208. The third-order valence-corrected chi connectivity index (χ3v) is 9.59. The average Bonchev–Trinajstić information content (AvgIpc) is 3.56. The number of thiophene rings is 1. The summed E-state index contributed by atoms with van der Waals surface area (Å²) < 4.78 is 3.46. The number of rotatable bonds is 11. The second kappa shape index (κ2) is 11.1. The number of anilines is 1. The molecule has 3 aromatic heterocycles. The van der Waals surface area contributed by atoms with Crippen LogP contribution in [0.4, 0.5) is 5.82 Å². The van der Waals surface area contributed by atoms with E-state index in [-0.39, 0.29) is 23.6 Å². The first-order valence-electron chi connectivity index (χ1n) is 14.1. The lowest BCUT2D eigenvalue weighted by Gasteiger charge is -2.38. The molecule has 208 valence electrons. The van der Waals surface area contributed by atoms with E-state index in [9.17, 15) is 14.4 Å². The Morgan fingerprint density at radius 3 is 2.51 bits per heavy atom. The predicted octanol–water partition coefficient (Wildman–Crippen LogP) is 4.64. The van der Waals surface area contributed by atoms with Crippen molar-refractivity contribution in [1.29, 1.82) is 0 Å². The first-order valence-corrected chi connectivity index (χ1v) is 14.9. The van der Waals surface area contributed by atoms with E-state index in [0.29, 0.717) is 25.2 Å². The van der Waals surface area contributed by atoms with Crippen LogP contribution in [0.2, 0.25) is 0 Å². The molecule has 4 N–H and O–H groups in total. The fourth-order valence-corrected chi connectivity index (χ4v) is 7.25. The number of nitrogens with two attached hydrogens (primary N) is 2. The molecular formula is C29H38N6O3S. The van der Waals surface area contributed by atoms with Gasteiger partial charge in [-0.2, -0.15) is 0 Å². The van der Waals surface area contributed by atoms with Crippen molar-refractivity contribution in [2.45, 2.75) is 84.6 Å². The lowest BCUT2D eigenvalue weighted by Crippen LogP contribution is -2.43. The molecule has 10 heteroatoms. The summed E-state index contributed by atoms with van der Waals surface area (Å²) in [6.45, 7) is 5.49. The number of aryl methyl sites for hydroxylation is 3. The van der Waals surface area contributed by atoms with Crippen LogP contribution in [0, 0.1) is 18.3 Å². The van der Waals surface area contributed by atoms with Gasteiger partial charge in [0.25, 0.3) is 11.8 Å². The minimum Gasteiger partial charge on any atom is -0.382 e. The molecule has 0 atom stereocenters. The molecule has 0 bridgehead atoms. The highest BCUT2D eigenvalue weighted by Gasteiger charge is 2.41. The number of pyridine rings is 1. The molecule has 1 aliphatic carbocycles. The van der Waals surface area contributed by atoms with Gasteiger partial charge in [0.1, 0.15) is 11.3 Å². The number of carbonyl (C=O) groups is 3. The zero-order chi connectivity index (χ0) is 27.7. The number of fused-ring (bicyclic) bond motifs is 3. The summed E-state index contributed by atoms with van der Waals surface area (Å²) >= 11 is 1.73. The number of aromatic nitrogens is 3. The van der Waals surface area contributed by atoms with Gasteiger partial charge in [0.15, 0.2) is 5.82 Å². The normalized spacial score (nSPS) is 21.6. The molecule has 0 unspecified atom stereocenters. The quantitative estimate of drug-likeness (QED) is 0.264. The third-order valence-electron chi connectivity index (χ3n) is 8.55. The predicted molar refractivity (Wildman–Crippen MR) is 154 cm³/mol. The number of hydrogen-bond donors (Lipinski definition) is 2. The summed E-state index contributed by atoms with van der Waals surface area (Å²) in [5.41, 5.74) is 14.6. The summed E-state index contributed by atoms with van der Waals surface area (Å²) in [4.78, 5) is 48.6. The van der Waals surface area contributed by atoms with E-state index in [1.165, 1.54) is 21.9 Å². The maximum Gasteiger partial charge on any atom is 0.253 e. The molecule has 0 aromatic carbocycles. The first kappa shape index (κ1) is 27.3. The van der Waals surface area contributed by atoms with Gasteiger partial charge < -0.3 is 16.0 Å². The van der Waals surface area contributed by atoms with Gasteiger partial charge in [-0.15, -0.1) is 11.3 Å². The molecule has 1 aliphatic heterocycles. The number of nitrogen functional groups attached to an aromatic ring is 1. The van der Waals surface area contributed by atoms with Crippen molar-refractivity contribution in [3.8, 4) is 0 Å². The van der Waals surface area contributed by atoms with Crippen molar-refractivity contribution in [2.75, 3.05) is 12.3 Å². The molecule has 5 rings (SSSR count). The van der Waals surface area contributed by atoms with Crippen LogP contribution in [-0.2, 0) is 27.3 Å². The Bertz CT molecular complexity index is 1430. The maximum absolute atomic E-state index is 12.6. The van der Waals surface area contributed by atoms with Crippen molar-refractivity contribution in [1.82, 2.24) is 19.4 Å². The van der Waals surface area contributed by atoms with Crippen LogP contribution in [0.25, 0.3) is 21.3 Å². The van der Waals surface area contributed by atoms with E-state index in [0.717, 1.165) is 85.0 Å². The van der Waals surface area contributed by atoms with Crippen molar-refractivity contribution in [2.24, 2.45) is 17.1 Å². The lowest BCUT2D eigenvalue weighted by atomic mass is 9.67. The molecule has 3 aromatic rings. The Morgan fingerprint density at radius 1 is 1.13 bits per heavy atom. The molecule has 0 spiro atoms. The van der Waals surface area contributed by atoms with Gasteiger partial charge in [0.2, 0.25) is 5.91 Å². The van der Waals surface area contributed by atoms with Crippen molar-refractivity contribution < 1.29 is 14.4 Å². The van der Waals surface area contributed by atoms with Crippen molar-refractivity contribution >= 4 is 56.1 Å². The average molecular weight is 551 g/mol. The Labute approximate surface area is 232 Å². The number of imidazole rings is 1. The largest absolute Gasteiger partial charge is 0.382 e. The number of primary amides is 1. The molecular weight excluding hydrogens is 512 g/mol. The van der Waals surface area contributed by atoms with Crippen LogP contribution >= 0.6 is 11.3 Å². The second-order valence-corrected chi connectivity index (χ2v) is 12.5. The SMILES string of the molecule is CCCCc1nc2c(N)nc3cc(C)sc3c2n1CCCCC1(C(N)=O)CCC(CN2C(=O)C=CC2=O)CC1. The highest BCUT2D eigenvalue weighted by Crippen LogP contribution is 2.43. The van der Waals surface area contributed by atoms with E-state index >= 15 is 0 Å². The van der Waals surface area contributed by atoms with Gasteiger partial charge in [0.05, 0.1) is 15.7 Å². The third kappa shape index (κ3) is 5.31. The van der Waals surface area contributed by atoms with Crippen LogP contribution in [-0.4, -0.2) is 43.7 Å². The Morgan fingerprint density at radius 2 is 1.85 bits per heavy atom. The molecule has 39 heavy (non-hydrogen) atoms. The Kier molecular flexibility index (Phi) is 7.75. The molecule has 0 radical (unpaired) electrons. The van der Waals surface area contributed by atoms with E-state index in [4.69, 9.17) is 16.5 Å². The summed E-state index contributed by atoms with van der Waals surface area (Å²) in [6.07, 6.45) is 11.2. The van der Waals surface area contributed by atoms with E-state index in [1.807, 2.05) is 0 Å². The monoisotopic (exact) mass is 550 g/mol. The second-order valence-electron chi connectivity index (χ2n) is 11.2. The fourth-order valence-electron chi connectivity index (χ4n) is 6.25. The zero-order valence-electron chi connectivity index (χ0n) is 22.9. The zero-order valence-corrected chi connectivity index (χ0v) is 23.7. The minimum atomic E-state index is -0.525. The highest BCUT2D eigenvalue weighted by molar-refractivity contribution is 7.19. The smallest absolute Gasteiger partial charge is 0.253 e. The van der Waals surface area contributed by atoms with Gasteiger partial charge in [-0.05, 0) is 63.9 Å². The summed E-state index contributed by atoms with van der Waals surface area (Å²) in [5.74, 6) is 1.00. The summed E-state index contributed by atoms with van der Waals surface area (Å²) in [5, 5.41) is 0. The van der Waals surface area contributed by atoms with Crippen LogP contribution in [0.3, 0.4) is 0 Å². The van der Waals surface area contributed by atoms with Crippen LogP contribution < -0.4 is 11.5 Å². The van der Waals surface area contributed by atoms with Gasteiger partial charge in [0, 0.05) is 42.0 Å². The van der Waals surface area contributed by atoms with E-state index in [1.54, 1.807) is 11.3 Å². The molecule has 3 amide bonds. The lowest BCUT2D eigenvalue weighted by molar-refractivity contribution is -0.139.